The van der Waals surface area contributed by atoms with Gasteiger partial charge < -0.3 is 19.9 Å². The Hall–Kier alpha value is -0.940. The van der Waals surface area contributed by atoms with Crippen molar-refractivity contribution in [2.45, 2.75) is 53.1 Å². The summed E-state index contributed by atoms with van der Waals surface area (Å²) in [6.45, 7) is 16.1. The Morgan fingerprint density at radius 3 is 2.68 bits per heavy atom. The highest BCUT2D eigenvalue weighted by Crippen LogP contribution is 2.01. The van der Waals surface area contributed by atoms with E-state index in [4.69, 9.17) is 9.73 Å². The third kappa shape index (κ3) is 9.04. The number of nitrogens with zero attached hydrogens (tertiary/aromatic N) is 5. The van der Waals surface area contributed by atoms with Crippen LogP contribution in [0.5, 0.6) is 0 Å². The monoisotopic (exact) mass is 507 g/mol. The molecule has 1 unspecified atom stereocenters. The standard InChI is InChI=1S/C19H37N7O.HI/c1-5-18-24-22-15-26(18)10-8-21-19(23-17(4)16(2)3)20-7-6-9-25-11-13-27-14-12-25;/h15-17H,5-14H2,1-4H3,(H2,20,21,23);1H. The van der Waals surface area contributed by atoms with Crippen molar-refractivity contribution in [2.75, 3.05) is 45.9 Å². The van der Waals surface area contributed by atoms with Crippen molar-refractivity contribution in [3.63, 3.8) is 0 Å². The molecule has 0 radical (unpaired) electrons. The van der Waals surface area contributed by atoms with Crippen LogP contribution >= 0.6 is 24.0 Å². The summed E-state index contributed by atoms with van der Waals surface area (Å²) in [5.74, 6) is 2.46. The Bertz CT molecular complexity index is 558. The highest BCUT2D eigenvalue weighted by molar-refractivity contribution is 14.0. The van der Waals surface area contributed by atoms with E-state index in [0.717, 1.165) is 77.1 Å². The van der Waals surface area contributed by atoms with Crippen LogP contribution in [0.25, 0.3) is 0 Å². The van der Waals surface area contributed by atoms with Gasteiger partial charge in [-0.25, -0.2) is 0 Å². The maximum Gasteiger partial charge on any atom is 0.191 e. The summed E-state index contributed by atoms with van der Waals surface area (Å²) in [5, 5.41) is 15.1. The molecule has 2 N–H and O–H groups in total. The predicted molar refractivity (Wildman–Crippen MR) is 124 cm³/mol. The molecule has 1 aliphatic heterocycles. The summed E-state index contributed by atoms with van der Waals surface area (Å²) in [5.41, 5.74) is 0. The maximum atomic E-state index is 5.40. The average Bonchev–Trinajstić information content (AvgIpc) is 3.13. The second kappa shape index (κ2) is 14.1. The summed E-state index contributed by atoms with van der Waals surface area (Å²) in [4.78, 5) is 7.24. The van der Waals surface area contributed by atoms with Crippen LogP contribution in [0.4, 0.5) is 0 Å². The van der Waals surface area contributed by atoms with Crippen molar-refractivity contribution >= 4 is 29.9 Å². The highest BCUT2D eigenvalue weighted by Gasteiger charge is 2.11. The first-order valence-electron chi connectivity index (χ1n) is 10.3. The van der Waals surface area contributed by atoms with E-state index < -0.39 is 0 Å². The molecule has 1 aromatic rings. The summed E-state index contributed by atoms with van der Waals surface area (Å²) in [7, 11) is 0. The number of aromatic nitrogens is 3. The molecule has 28 heavy (non-hydrogen) atoms. The molecule has 0 aliphatic carbocycles. The second-order valence-corrected chi connectivity index (χ2v) is 7.44. The number of guanidine groups is 1. The summed E-state index contributed by atoms with van der Waals surface area (Å²) < 4.78 is 7.49. The van der Waals surface area contributed by atoms with Gasteiger partial charge in [-0.15, -0.1) is 34.2 Å². The van der Waals surface area contributed by atoms with Crippen molar-refractivity contribution in [3.8, 4) is 0 Å². The van der Waals surface area contributed by atoms with E-state index in [-0.39, 0.29) is 24.0 Å². The molecule has 2 heterocycles. The molecule has 1 fully saturated rings. The predicted octanol–water partition coefficient (Wildman–Crippen LogP) is 1.76. The van der Waals surface area contributed by atoms with Crippen LogP contribution in [-0.4, -0.2) is 77.6 Å². The van der Waals surface area contributed by atoms with E-state index in [2.05, 4.69) is 58.0 Å². The van der Waals surface area contributed by atoms with Crippen LogP contribution in [0.15, 0.2) is 11.3 Å². The zero-order chi connectivity index (χ0) is 19.5. The van der Waals surface area contributed by atoms with Crippen molar-refractivity contribution in [2.24, 2.45) is 10.9 Å². The molecule has 162 valence electrons. The molecule has 1 atom stereocenters. The SMILES string of the molecule is CCc1nncn1CCNC(=NCCCN1CCOCC1)NC(C)C(C)C.I. The van der Waals surface area contributed by atoms with Gasteiger partial charge in [0.1, 0.15) is 12.2 Å². The normalized spacial score (nSPS) is 16.7. The fourth-order valence-electron chi connectivity index (χ4n) is 2.88. The summed E-state index contributed by atoms with van der Waals surface area (Å²) in [6, 6.07) is 0.372. The van der Waals surface area contributed by atoms with Gasteiger partial charge in [0.25, 0.3) is 0 Å². The summed E-state index contributed by atoms with van der Waals surface area (Å²) >= 11 is 0. The molecule has 0 saturated carbocycles. The van der Waals surface area contributed by atoms with Gasteiger partial charge in [-0.3, -0.25) is 9.89 Å². The number of aliphatic imine (C=N–C) groups is 1. The van der Waals surface area contributed by atoms with Crippen LogP contribution in [0.2, 0.25) is 0 Å². The average molecular weight is 507 g/mol. The van der Waals surface area contributed by atoms with Crippen molar-refractivity contribution < 1.29 is 4.74 Å². The van der Waals surface area contributed by atoms with Crippen molar-refractivity contribution in [1.82, 2.24) is 30.3 Å². The van der Waals surface area contributed by atoms with Crippen LogP contribution in [0, 0.1) is 5.92 Å². The van der Waals surface area contributed by atoms with E-state index in [1.165, 1.54) is 0 Å². The van der Waals surface area contributed by atoms with E-state index in [0.29, 0.717) is 12.0 Å². The molecule has 0 spiro atoms. The molecule has 1 aromatic heterocycles. The van der Waals surface area contributed by atoms with E-state index in [1.54, 1.807) is 6.33 Å². The van der Waals surface area contributed by atoms with Gasteiger partial charge in [0.2, 0.25) is 0 Å². The number of ether oxygens (including phenoxy) is 1. The number of morpholine rings is 1. The van der Waals surface area contributed by atoms with Gasteiger partial charge >= 0.3 is 0 Å². The molecule has 1 saturated heterocycles. The molecule has 0 aromatic carbocycles. The smallest absolute Gasteiger partial charge is 0.191 e. The molecule has 8 nitrogen and oxygen atoms in total. The van der Waals surface area contributed by atoms with E-state index >= 15 is 0 Å². The number of halogens is 1. The minimum atomic E-state index is 0. The van der Waals surface area contributed by atoms with Crippen molar-refractivity contribution in [1.29, 1.82) is 0 Å². The Morgan fingerprint density at radius 1 is 1.25 bits per heavy atom. The Labute approximate surface area is 186 Å². The van der Waals surface area contributed by atoms with Gasteiger partial charge in [0.15, 0.2) is 5.96 Å². The minimum Gasteiger partial charge on any atom is -0.379 e. The maximum absolute atomic E-state index is 5.40. The molecule has 0 amide bonds. The van der Waals surface area contributed by atoms with Gasteiger partial charge in [-0.2, -0.15) is 0 Å². The number of nitrogens with one attached hydrogen (secondary N) is 2. The molecule has 9 heteroatoms. The quantitative estimate of drug-likeness (QED) is 0.218. The number of hydrogen-bond acceptors (Lipinski definition) is 5. The third-order valence-corrected chi connectivity index (χ3v) is 5.03. The zero-order valence-corrected chi connectivity index (χ0v) is 20.2. The molecular formula is C19H38IN7O. The lowest BCUT2D eigenvalue weighted by Gasteiger charge is -2.26. The van der Waals surface area contributed by atoms with Gasteiger partial charge in [0.05, 0.1) is 13.2 Å². The fourth-order valence-corrected chi connectivity index (χ4v) is 2.88. The first kappa shape index (κ1) is 25.1. The van der Waals surface area contributed by atoms with Crippen molar-refractivity contribution in [3.05, 3.63) is 12.2 Å². The van der Waals surface area contributed by atoms with Crippen LogP contribution < -0.4 is 10.6 Å². The lowest BCUT2D eigenvalue weighted by atomic mass is 10.1. The highest BCUT2D eigenvalue weighted by atomic mass is 127. The first-order valence-corrected chi connectivity index (χ1v) is 10.3. The van der Waals surface area contributed by atoms with Crippen LogP contribution in [0.3, 0.4) is 0 Å². The lowest BCUT2D eigenvalue weighted by Crippen LogP contribution is -2.45. The van der Waals surface area contributed by atoms with Crippen LogP contribution in [-0.2, 0) is 17.7 Å². The Morgan fingerprint density at radius 2 is 2.00 bits per heavy atom. The first-order chi connectivity index (χ1) is 13.1. The van der Waals surface area contributed by atoms with Crippen LogP contribution in [0.1, 0.15) is 39.9 Å². The summed E-state index contributed by atoms with van der Waals surface area (Å²) in [6.07, 6.45) is 3.75. The number of rotatable bonds is 10. The van der Waals surface area contributed by atoms with E-state index in [9.17, 15) is 0 Å². The number of hydrogen-bond donors (Lipinski definition) is 2. The molecule has 1 aliphatic rings. The Kier molecular flexibility index (Phi) is 12.6. The second-order valence-electron chi connectivity index (χ2n) is 7.44. The molecule has 0 bridgehead atoms. The minimum absolute atomic E-state index is 0. The van der Waals surface area contributed by atoms with E-state index in [1.807, 2.05) is 0 Å². The van der Waals surface area contributed by atoms with Gasteiger partial charge in [-0.05, 0) is 19.3 Å². The molecule has 2 rings (SSSR count). The number of aryl methyl sites for hydroxylation is 1. The lowest BCUT2D eigenvalue weighted by molar-refractivity contribution is 0.0377. The Balaban J connectivity index is 0.00000392. The zero-order valence-electron chi connectivity index (χ0n) is 17.9. The van der Waals surface area contributed by atoms with Gasteiger partial charge in [-0.1, -0.05) is 20.8 Å². The largest absolute Gasteiger partial charge is 0.379 e. The van der Waals surface area contributed by atoms with Gasteiger partial charge in [0, 0.05) is 51.7 Å². The fraction of sp³-hybridized carbons (Fsp3) is 0.842. The molecular weight excluding hydrogens is 469 g/mol. The topological polar surface area (TPSA) is 79.6 Å². The third-order valence-electron chi connectivity index (χ3n) is 5.03.